The minimum Gasteiger partial charge on any atom is -0.106 e. The summed E-state index contributed by atoms with van der Waals surface area (Å²) >= 11 is 0. The standard InChI is InChI=1S/C18H11B.C6H7P/c19-17-7-3-6-12-8-9-15-10-13-4-1-2-5-14(13)11-16(15)18(12)17;7-6-4-2-1-3-5-6/h1-11H;1-5H,7H2. The lowest BCUT2D eigenvalue weighted by molar-refractivity contribution is 1.78. The summed E-state index contributed by atoms with van der Waals surface area (Å²) in [7, 11) is 8.80. The Morgan fingerprint density at radius 3 is 1.85 bits per heavy atom. The van der Waals surface area contributed by atoms with Crippen LogP contribution in [0.3, 0.4) is 0 Å². The van der Waals surface area contributed by atoms with Crippen LogP contribution in [-0.2, 0) is 0 Å². The highest BCUT2D eigenvalue weighted by Crippen LogP contribution is 2.28. The van der Waals surface area contributed by atoms with Crippen molar-refractivity contribution in [1.82, 2.24) is 0 Å². The average Bonchev–Trinajstić information content (AvgIpc) is 2.67. The van der Waals surface area contributed by atoms with Crippen molar-refractivity contribution in [2.24, 2.45) is 0 Å². The molecule has 0 spiro atoms. The fourth-order valence-corrected chi connectivity index (χ4v) is 3.51. The van der Waals surface area contributed by atoms with Gasteiger partial charge in [0.2, 0.25) is 0 Å². The average molecular weight is 348 g/mol. The molecule has 0 aliphatic rings. The van der Waals surface area contributed by atoms with E-state index in [1.165, 1.54) is 32.2 Å². The maximum absolute atomic E-state index is 6.17. The van der Waals surface area contributed by atoms with Gasteiger partial charge in [0, 0.05) is 0 Å². The van der Waals surface area contributed by atoms with Gasteiger partial charge < -0.3 is 0 Å². The molecule has 0 nitrogen and oxygen atoms in total. The number of benzene rings is 5. The first kappa shape index (κ1) is 16.8. The molecule has 0 aliphatic carbocycles. The normalized spacial score (nSPS) is 10.7. The Labute approximate surface area is 157 Å². The van der Waals surface area contributed by atoms with E-state index in [1.807, 2.05) is 42.5 Å². The van der Waals surface area contributed by atoms with E-state index in [2.05, 4.69) is 63.8 Å². The summed E-state index contributed by atoms with van der Waals surface area (Å²) in [6.07, 6.45) is 0. The smallest absolute Gasteiger partial charge is 0.106 e. The Morgan fingerprint density at radius 2 is 1.15 bits per heavy atom. The van der Waals surface area contributed by atoms with Crippen LogP contribution in [0.1, 0.15) is 0 Å². The van der Waals surface area contributed by atoms with Crippen LogP contribution in [0.5, 0.6) is 0 Å². The maximum Gasteiger partial charge on any atom is 0.114 e. The van der Waals surface area contributed by atoms with Crippen LogP contribution in [0.2, 0.25) is 0 Å². The Balaban J connectivity index is 0.000000204. The van der Waals surface area contributed by atoms with Gasteiger partial charge in [-0.1, -0.05) is 90.4 Å². The summed E-state index contributed by atoms with van der Waals surface area (Å²) in [6.45, 7) is 0. The zero-order valence-electron chi connectivity index (χ0n) is 14.4. The monoisotopic (exact) mass is 348 g/mol. The summed E-state index contributed by atoms with van der Waals surface area (Å²) in [5.41, 5.74) is 0.846. The van der Waals surface area contributed by atoms with Crippen LogP contribution in [0.4, 0.5) is 0 Å². The van der Waals surface area contributed by atoms with Crippen molar-refractivity contribution < 1.29 is 0 Å². The predicted octanol–water partition coefficient (Wildman–Crippen LogP) is 5.13. The molecule has 5 aromatic rings. The van der Waals surface area contributed by atoms with Gasteiger partial charge in [-0.15, -0.1) is 9.24 Å². The Hall–Kier alpha value is -2.63. The second-order valence-corrected chi connectivity index (χ2v) is 7.01. The first-order chi connectivity index (χ1) is 12.7. The summed E-state index contributed by atoms with van der Waals surface area (Å²) < 4.78 is 0. The van der Waals surface area contributed by atoms with Crippen LogP contribution >= 0.6 is 9.24 Å². The third-order valence-electron chi connectivity index (χ3n) is 4.56. The van der Waals surface area contributed by atoms with Crippen LogP contribution < -0.4 is 10.8 Å². The molecule has 0 heterocycles. The molecule has 0 saturated carbocycles. The molecule has 5 rings (SSSR count). The zero-order valence-corrected chi connectivity index (χ0v) is 15.5. The lowest BCUT2D eigenvalue weighted by atomic mass is 9.87. The van der Waals surface area contributed by atoms with Gasteiger partial charge in [0.15, 0.2) is 0 Å². The predicted molar refractivity (Wildman–Crippen MR) is 120 cm³/mol. The quantitative estimate of drug-likeness (QED) is 0.158. The van der Waals surface area contributed by atoms with Crippen molar-refractivity contribution >= 4 is 60.2 Å². The molecular formula is C24H18BP. The van der Waals surface area contributed by atoms with Gasteiger partial charge in [-0.3, -0.25) is 0 Å². The summed E-state index contributed by atoms with van der Waals surface area (Å²) in [5.74, 6) is 0. The number of hydrogen-bond acceptors (Lipinski definition) is 0. The fourth-order valence-electron chi connectivity index (χ4n) is 3.28. The second-order valence-electron chi connectivity index (χ2n) is 6.34. The van der Waals surface area contributed by atoms with Crippen molar-refractivity contribution in [2.75, 3.05) is 0 Å². The minimum atomic E-state index is 0.846. The topological polar surface area (TPSA) is 0 Å². The van der Waals surface area contributed by atoms with Gasteiger partial charge in [0.25, 0.3) is 0 Å². The lowest BCUT2D eigenvalue weighted by Gasteiger charge is -2.09. The third kappa shape index (κ3) is 3.36. The molecule has 2 heteroatoms. The van der Waals surface area contributed by atoms with Crippen molar-refractivity contribution in [3.63, 3.8) is 0 Å². The van der Waals surface area contributed by atoms with E-state index in [4.69, 9.17) is 7.85 Å². The van der Waals surface area contributed by atoms with E-state index in [0.717, 1.165) is 10.8 Å². The molecule has 5 aromatic carbocycles. The molecule has 0 saturated heterocycles. The van der Waals surface area contributed by atoms with Crippen molar-refractivity contribution in [2.45, 2.75) is 0 Å². The van der Waals surface area contributed by atoms with Crippen molar-refractivity contribution in [3.8, 4) is 0 Å². The Kier molecular flexibility index (Phi) is 4.74. The molecular weight excluding hydrogens is 330 g/mol. The second kappa shape index (κ2) is 7.32. The molecule has 0 fully saturated rings. The molecule has 2 radical (unpaired) electrons. The van der Waals surface area contributed by atoms with E-state index in [9.17, 15) is 0 Å². The maximum atomic E-state index is 6.17. The molecule has 1 unspecified atom stereocenters. The molecule has 0 amide bonds. The summed E-state index contributed by atoms with van der Waals surface area (Å²) in [5, 5.41) is 8.59. The summed E-state index contributed by atoms with van der Waals surface area (Å²) in [6, 6.07) is 33.4. The van der Waals surface area contributed by atoms with Crippen molar-refractivity contribution in [1.29, 1.82) is 0 Å². The van der Waals surface area contributed by atoms with Crippen molar-refractivity contribution in [3.05, 3.63) is 97.1 Å². The van der Waals surface area contributed by atoms with Gasteiger partial charge >= 0.3 is 0 Å². The van der Waals surface area contributed by atoms with Crippen LogP contribution in [0.25, 0.3) is 32.3 Å². The van der Waals surface area contributed by atoms with Gasteiger partial charge in [0.05, 0.1) is 0 Å². The van der Waals surface area contributed by atoms with Gasteiger partial charge in [-0.05, 0) is 49.8 Å². The van der Waals surface area contributed by atoms with Crippen LogP contribution in [-0.4, -0.2) is 7.85 Å². The highest BCUT2D eigenvalue weighted by Gasteiger charge is 2.04. The molecule has 122 valence electrons. The molecule has 0 aromatic heterocycles. The van der Waals surface area contributed by atoms with E-state index in [1.54, 1.807) is 0 Å². The highest BCUT2D eigenvalue weighted by molar-refractivity contribution is 7.27. The van der Waals surface area contributed by atoms with E-state index < -0.39 is 0 Å². The number of fused-ring (bicyclic) bond motifs is 4. The molecule has 0 N–H and O–H groups in total. The van der Waals surface area contributed by atoms with E-state index >= 15 is 0 Å². The highest BCUT2D eigenvalue weighted by atomic mass is 31.0. The summed E-state index contributed by atoms with van der Waals surface area (Å²) in [4.78, 5) is 0. The van der Waals surface area contributed by atoms with E-state index in [0.29, 0.717) is 0 Å². The van der Waals surface area contributed by atoms with Crippen LogP contribution in [0.15, 0.2) is 97.1 Å². The lowest BCUT2D eigenvalue weighted by Crippen LogP contribution is -2.03. The van der Waals surface area contributed by atoms with Gasteiger partial charge in [0.1, 0.15) is 7.85 Å². The third-order valence-corrected chi connectivity index (χ3v) is 4.94. The molecule has 0 aliphatic heterocycles. The van der Waals surface area contributed by atoms with Gasteiger partial charge in [-0.25, -0.2) is 0 Å². The number of hydrogen-bond donors (Lipinski definition) is 0. The molecule has 26 heavy (non-hydrogen) atoms. The SMILES string of the molecule is Pc1ccccc1.[B]c1cccc2ccc3cc4ccccc4cc3c12. The first-order valence-electron chi connectivity index (χ1n) is 8.62. The first-order valence-corrected chi connectivity index (χ1v) is 9.20. The largest absolute Gasteiger partial charge is 0.114 e. The minimum absolute atomic E-state index is 0.846. The van der Waals surface area contributed by atoms with Gasteiger partial charge in [-0.2, -0.15) is 0 Å². The van der Waals surface area contributed by atoms with E-state index in [-0.39, 0.29) is 0 Å². The zero-order chi connectivity index (χ0) is 17.9. The fraction of sp³-hybridized carbons (Fsp3) is 0. The molecule has 0 bridgehead atoms. The Morgan fingerprint density at radius 1 is 0.538 bits per heavy atom. The molecule has 1 atom stereocenters. The Bertz CT molecular complexity index is 1200. The number of rotatable bonds is 0. The van der Waals surface area contributed by atoms with Crippen LogP contribution in [0, 0.1) is 0 Å².